The predicted molar refractivity (Wildman–Crippen MR) is 63.7 cm³/mol. The van der Waals surface area contributed by atoms with Gasteiger partial charge in [0.15, 0.2) is 0 Å². The normalized spacial score (nSPS) is 23.8. The van der Waals surface area contributed by atoms with Crippen molar-refractivity contribution in [3.05, 3.63) is 0 Å². The summed E-state index contributed by atoms with van der Waals surface area (Å²) in [4.78, 5) is 24.8. The van der Waals surface area contributed by atoms with Crippen molar-refractivity contribution in [3.8, 4) is 0 Å². The minimum absolute atomic E-state index is 0.316. The maximum absolute atomic E-state index is 11.9. The molecule has 0 bridgehead atoms. The number of rotatable bonds is 5. The monoisotopic (exact) mass is 243 g/mol. The number of hydrogen-bond donors (Lipinski definition) is 3. The van der Waals surface area contributed by atoms with E-state index in [1.165, 1.54) is 4.90 Å². The Hall–Kier alpha value is -1.30. The lowest BCUT2D eigenvalue weighted by molar-refractivity contribution is -0.148. The molecule has 1 fully saturated rings. The third kappa shape index (κ3) is 2.69. The van der Waals surface area contributed by atoms with Crippen molar-refractivity contribution in [1.29, 1.82) is 0 Å². The fourth-order valence-electron chi connectivity index (χ4n) is 2.45. The van der Waals surface area contributed by atoms with Crippen LogP contribution in [0.15, 0.2) is 0 Å². The largest absolute Gasteiger partial charge is 0.479 e. The molecule has 2 amide bonds. The summed E-state index contributed by atoms with van der Waals surface area (Å²) in [6.07, 6.45) is 2.51. The number of carboxylic acids is 1. The highest BCUT2D eigenvalue weighted by molar-refractivity contribution is 5.87. The molecule has 1 heterocycles. The van der Waals surface area contributed by atoms with Crippen molar-refractivity contribution in [2.45, 2.75) is 38.1 Å². The van der Waals surface area contributed by atoms with Gasteiger partial charge in [0, 0.05) is 19.6 Å². The molecule has 98 valence electrons. The molecule has 4 N–H and O–H groups in total. The third-order valence-corrected chi connectivity index (χ3v) is 3.22. The first kappa shape index (κ1) is 13.8. The standard InChI is InChI=1S/C11H21N3O3/c1-2-4-11(9(15)16)5-3-8-14(11)10(17)13-7-6-12/h2-8,12H2,1H3,(H,13,17)(H,15,16). The van der Waals surface area contributed by atoms with Crippen LogP contribution in [0.3, 0.4) is 0 Å². The Labute approximate surface area is 101 Å². The first-order valence-electron chi connectivity index (χ1n) is 6.07. The van der Waals surface area contributed by atoms with Crippen molar-refractivity contribution in [3.63, 3.8) is 0 Å². The molecule has 0 aromatic carbocycles. The summed E-state index contributed by atoms with van der Waals surface area (Å²) >= 11 is 0. The highest BCUT2D eigenvalue weighted by Crippen LogP contribution is 2.33. The smallest absolute Gasteiger partial charge is 0.329 e. The topological polar surface area (TPSA) is 95.7 Å². The van der Waals surface area contributed by atoms with E-state index in [1.807, 2.05) is 6.92 Å². The Balaban J connectivity index is 2.81. The summed E-state index contributed by atoms with van der Waals surface area (Å²) in [5.74, 6) is -0.903. The quantitative estimate of drug-likeness (QED) is 0.650. The second-order valence-electron chi connectivity index (χ2n) is 4.36. The molecule has 0 aliphatic carbocycles. The highest BCUT2D eigenvalue weighted by Gasteiger charge is 2.49. The molecule has 6 heteroatoms. The maximum atomic E-state index is 11.9. The van der Waals surface area contributed by atoms with E-state index in [0.717, 1.165) is 12.8 Å². The average Bonchev–Trinajstić information content (AvgIpc) is 2.71. The minimum Gasteiger partial charge on any atom is -0.479 e. The summed E-state index contributed by atoms with van der Waals surface area (Å²) in [5.41, 5.74) is 4.29. The zero-order valence-electron chi connectivity index (χ0n) is 10.2. The van der Waals surface area contributed by atoms with E-state index < -0.39 is 11.5 Å². The summed E-state index contributed by atoms with van der Waals surface area (Å²) in [7, 11) is 0. The van der Waals surface area contributed by atoms with Gasteiger partial charge in [-0.2, -0.15) is 0 Å². The molecule has 1 saturated heterocycles. The van der Waals surface area contributed by atoms with Crippen molar-refractivity contribution in [2.24, 2.45) is 5.73 Å². The van der Waals surface area contributed by atoms with Gasteiger partial charge < -0.3 is 21.1 Å². The second kappa shape index (κ2) is 5.86. The molecular weight excluding hydrogens is 222 g/mol. The van der Waals surface area contributed by atoms with E-state index in [-0.39, 0.29) is 6.03 Å². The van der Waals surface area contributed by atoms with E-state index >= 15 is 0 Å². The van der Waals surface area contributed by atoms with Crippen molar-refractivity contribution in [1.82, 2.24) is 10.2 Å². The number of nitrogens with zero attached hydrogens (tertiary/aromatic N) is 1. The Morgan fingerprint density at radius 3 is 2.76 bits per heavy atom. The van der Waals surface area contributed by atoms with Gasteiger partial charge in [0.25, 0.3) is 0 Å². The van der Waals surface area contributed by atoms with Crippen LogP contribution in [0.2, 0.25) is 0 Å². The molecule has 0 saturated carbocycles. The van der Waals surface area contributed by atoms with Crippen molar-refractivity contribution >= 4 is 12.0 Å². The van der Waals surface area contributed by atoms with Crippen LogP contribution in [0.25, 0.3) is 0 Å². The van der Waals surface area contributed by atoms with Crippen LogP contribution in [0.5, 0.6) is 0 Å². The van der Waals surface area contributed by atoms with Crippen LogP contribution in [-0.2, 0) is 4.79 Å². The van der Waals surface area contributed by atoms with Gasteiger partial charge in [0.1, 0.15) is 5.54 Å². The van der Waals surface area contributed by atoms with Crippen LogP contribution in [-0.4, -0.2) is 47.2 Å². The summed E-state index contributed by atoms with van der Waals surface area (Å²) in [6, 6.07) is -0.316. The number of carboxylic acid groups (broad SMARTS) is 1. The van der Waals surface area contributed by atoms with E-state index in [4.69, 9.17) is 5.73 Å². The Morgan fingerprint density at radius 1 is 1.53 bits per heavy atom. The van der Waals surface area contributed by atoms with Crippen LogP contribution >= 0.6 is 0 Å². The molecule has 1 aliphatic heterocycles. The van der Waals surface area contributed by atoms with Gasteiger partial charge in [0.2, 0.25) is 0 Å². The van der Waals surface area contributed by atoms with Gasteiger partial charge in [-0.05, 0) is 19.3 Å². The lowest BCUT2D eigenvalue weighted by Gasteiger charge is -2.34. The van der Waals surface area contributed by atoms with Crippen LogP contribution < -0.4 is 11.1 Å². The first-order chi connectivity index (χ1) is 8.08. The van der Waals surface area contributed by atoms with Gasteiger partial charge in [-0.3, -0.25) is 0 Å². The van der Waals surface area contributed by atoms with Gasteiger partial charge in [-0.15, -0.1) is 0 Å². The number of nitrogens with two attached hydrogens (primary N) is 1. The lowest BCUT2D eigenvalue weighted by Crippen LogP contribution is -2.56. The highest BCUT2D eigenvalue weighted by atomic mass is 16.4. The van der Waals surface area contributed by atoms with Gasteiger partial charge in [-0.25, -0.2) is 9.59 Å². The number of likely N-dealkylation sites (tertiary alicyclic amines) is 1. The molecule has 1 atom stereocenters. The third-order valence-electron chi connectivity index (χ3n) is 3.22. The van der Waals surface area contributed by atoms with E-state index in [2.05, 4.69) is 5.32 Å². The number of amides is 2. The number of aliphatic carboxylic acids is 1. The molecule has 0 aromatic rings. The van der Waals surface area contributed by atoms with Crippen LogP contribution in [0, 0.1) is 0 Å². The predicted octanol–water partition coefficient (Wildman–Crippen LogP) is 0.374. The van der Waals surface area contributed by atoms with Crippen molar-refractivity contribution in [2.75, 3.05) is 19.6 Å². The van der Waals surface area contributed by atoms with E-state index in [0.29, 0.717) is 32.5 Å². The van der Waals surface area contributed by atoms with E-state index in [9.17, 15) is 14.7 Å². The van der Waals surface area contributed by atoms with Gasteiger partial charge >= 0.3 is 12.0 Å². The molecule has 1 rings (SSSR count). The second-order valence-corrected chi connectivity index (χ2v) is 4.36. The van der Waals surface area contributed by atoms with Crippen LogP contribution in [0.1, 0.15) is 32.6 Å². The van der Waals surface area contributed by atoms with Crippen molar-refractivity contribution < 1.29 is 14.7 Å². The number of hydrogen-bond acceptors (Lipinski definition) is 3. The van der Waals surface area contributed by atoms with Gasteiger partial charge in [0.05, 0.1) is 0 Å². The summed E-state index contributed by atoms with van der Waals surface area (Å²) in [6.45, 7) is 3.16. The molecular formula is C11H21N3O3. The first-order valence-corrected chi connectivity index (χ1v) is 6.07. The van der Waals surface area contributed by atoms with Crippen LogP contribution in [0.4, 0.5) is 4.79 Å². The lowest BCUT2D eigenvalue weighted by atomic mass is 9.91. The fraction of sp³-hybridized carbons (Fsp3) is 0.818. The summed E-state index contributed by atoms with van der Waals surface area (Å²) < 4.78 is 0. The molecule has 6 nitrogen and oxygen atoms in total. The fourth-order valence-corrected chi connectivity index (χ4v) is 2.45. The number of carbonyl (C=O) groups excluding carboxylic acids is 1. The Kier molecular flexibility index (Phi) is 4.74. The molecule has 1 unspecified atom stereocenters. The van der Waals surface area contributed by atoms with E-state index in [1.54, 1.807) is 0 Å². The summed E-state index contributed by atoms with van der Waals surface area (Å²) in [5, 5.41) is 12.0. The number of nitrogens with one attached hydrogen (secondary N) is 1. The Bertz CT molecular complexity index is 296. The minimum atomic E-state index is -1.02. The van der Waals surface area contributed by atoms with Gasteiger partial charge in [-0.1, -0.05) is 13.3 Å². The zero-order valence-corrected chi connectivity index (χ0v) is 10.2. The average molecular weight is 243 g/mol. The Morgan fingerprint density at radius 2 is 2.24 bits per heavy atom. The molecule has 1 aliphatic rings. The molecule has 17 heavy (non-hydrogen) atoms. The SMILES string of the molecule is CCCC1(C(=O)O)CCCN1C(=O)NCCN. The number of carbonyl (C=O) groups is 2. The maximum Gasteiger partial charge on any atom is 0.329 e. The molecule has 0 spiro atoms. The molecule has 0 radical (unpaired) electrons. The number of urea groups is 1. The zero-order chi connectivity index (χ0) is 12.9. The molecule has 0 aromatic heterocycles.